The number of ether oxygens (including phenoxy) is 2. The van der Waals surface area contributed by atoms with Crippen molar-refractivity contribution in [1.29, 1.82) is 0 Å². The Morgan fingerprint density at radius 1 is 1.30 bits per heavy atom. The Kier molecular flexibility index (Phi) is 6.72. The minimum atomic E-state index is -0.0687. The van der Waals surface area contributed by atoms with E-state index in [9.17, 15) is 4.79 Å². The monoisotopic (exact) mass is 429 g/mol. The molecule has 3 rings (SSSR count). The maximum Gasteiger partial charge on any atom is 0.240 e. The summed E-state index contributed by atoms with van der Waals surface area (Å²) in [6, 6.07) is 5.06. The van der Waals surface area contributed by atoms with Crippen LogP contribution >= 0.6 is 11.8 Å². The topological polar surface area (TPSA) is 119 Å². The lowest BCUT2D eigenvalue weighted by Crippen LogP contribution is -2.03. The molecule has 11 heteroatoms. The van der Waals surface area contributed by atoms with Crippen molar-refractivity contribution in [3.8, 4) is 11.5 Å². The van der Waals surface area contributed by atoms with E-state index in [0.29, 0.717) is 28.2 Å². The highest BCUT2D eigenvalue weighted by molar-refractivity contribution is 7.99. The van der Waals surface area contributed by atoms with E-state index < -0.39 is 0 Å². The van der Waals surface area contributed by atoms with Gasteiger partial charge in [-0.15, -0.1) is 5.10 Å². The Morgan fingerprint density at radius 3 is 2.73 bits per heavy atom. The summed E-state index contributed by atoms with van der Waals surface area (Å²) in [5.74, 6) is 1.58. The Labute approximate surface area is 178 Å². The third-order valence-electron chi connectivity index (χ3n) is 4.43. The molecule has 0 aliphatic heterocycles. The fraction of sp³-hybridized carbons (Fsp3) is 0.316. The Bertz CT molecular complexity index is 1070. The van der Waals surface area contributed by atoms with E-state index in [1.54, 1.807) is 36.2 Å². The lowest BCUT2D eigenvalue weighted by Gasteiger charge is -2.08. The third-order valence-corrected chi connectivity index (χ3v) is 5.28. The van der Waals surface area contributed by atoms with E-state index in [4.69, 9.17) is 9.47 Å². The van der Waals surface area contributed by atoms with Crippen LogP contribution in [-0.2, 0) is 7.05 Å². The number of Topliss-reactive ketones (excluding diaryl/α,β-unsaturated/α-hetero) is 1. The maximum absolute atomic E-state index is 12.5. The number of carbonyl (C=O) groups is 1. The number of hydrogen-bond acceptors (Lipinski definition) is 9. The van der Waals surface area contributed by atoms with Gasteiger partial charge in [0.25, 0.3) is 0 Å². The van der Waals surface area contributed by atoms with Crippen molar-refractivity contribution in [3.63, 3.8) is 0 Å². The van der Waals surface area contributed by atoms with Crippen LogP contribution in [0.25, 0.3) is 0 Å². The molecule has 3 aromatic rings. The number of aryl methyl sites for hydroxylation is 2. The maximum atomic E-state index is 12.5. The molecule has 0 fully saturated rings. The lowest BCUT2D eigenvalue weighted by molar-refractivity contribution is 0.102. The van der Waals surface area contributed by atoms with Gasteiger partial charge in [0.1, 0.15) is 0 Å². The highest BCUT2D eigenvalue weighted by Gasteiger charge is 2.13. The molecule has 0 saturated heterocycles. The molecule has 2 N–H and O–H groups in total. The normalized spacial score (nSPS) is 11.1. The zero-order valence-electron chi connectivity index (χ0n) is 17.4. The molecule has 0 aliphatic carbocycles. The molecule has 0 atom stereocenters. The zero-order chi connectivity index (χ0) is 21.7. The number of hydrogen-bond donors (Lipinski definition) is 2. The SMILES string of the molecule is COc1ccc(C(=O)CSc2n[nH]c(NN=Cc3c(C)nn(C)c3C)n2)cc1OC. The Hall–Kier alpha value is -3.34. The fourth-order valence-corrected chi connectivity index (χ4v) is 3.41. The molecule has 0 unspecified atom stereocenters. The van der Waals surface area contributed by atoms with E-state index in [-0.39, 0.29) is 11.5 Å². The van der Waals surface area contributed by atoms with Crippen LogP contribution in [0.1, 0.15) is 27.3 Å². The average molecular weight is 430 g/mol. The Balaban J connectivity index is 1.56. The van der Waals surface area contributed by atoms with Gasteiger partial charge in [-0.2, -0.15) is 15.2 Å². The second kappa shape index (κ2) is 9.44. The summed E-state index contributed by atoms with van der Waals surface area (Å²) in [6.45, 7) is 3.90. The van der Waals surface area contributed by atoms with Crippen LogP contribution in [0, 0.1) is 13.8 Å². The molecule has 0 saturated carbocycles. The van der Waals surface area contributed by atoms with Gasteiger partial charge in [0.15, 0.2) is 17.3 Å². The van der Waals surface area contributed by atoms with Crippen molar-refractivity contribution in [1.82, 2.24) is 25.0 Å². The standard InChI is InChI=1S/C19H23N7O3S/c1-11-14(12(2)26(3)25-11)9-20-22-18-21-19(24-23-18)30-10-15(27)13-6-7-16(28-4)17(8-13)29-5/h6-9H,10H2,1-5H3,(H2,21,22,23,24). The number of aromatic amines is 1. The number of rotatable bonds is 9. The number of ketones is 1. The van der Waals surface area contributed by atoms with E-state index >= 15 is 0 Å². The fourth-order valence-electron chi connectivity index (χ4n) is 2.72. The molecule has 0 amide bonds. The van der Waals surface area contributed by atoms with Crippen molar-refractivity contribution in [2.45, 2.75) is 19.0 Å². The van der Waals surface area contributed by atoms with Gasteiger partial charge >= 0.3 is 0 Å². The molecule has 0 aliphatic rings. The van der Waals surface area contributed by atoms with Crippen LogP contribution in [0.3, 0.4) is 0 Å². The van der Waals surface area contributed by atoms with Crippen molar-refractivity contribution < 1.29 is 14.3 Å². The number of nitrogens with one attached hydrogen (secondary N) is 2. The molecular formula is C19H23N7O3S. The summed E-state index contributed by atoms with van der Waals surface area (Å²) in [7, 11) is 4.96. The lowest BCUT2D eigenvalue weighted by atomic mass is 10.1. The summed E-state index contributed by atoms with van der Waals surface area (Å²) in [4.78, 5) is 16.7. The number of carbonyl (C=O) groups excluding carboxylic acids is 1. The van der Waals surface area contributed by atoms with Gasteiger partial charge in [-0.3, -0.25) is 9.48 Å². The van der Waals surface area contributed by atoms with E-state index in [2.05, 4.69) is 30.8 Å². The molecule has 0 spiro atoms. The minimum absolute atomic E-state index is 0.0687. The van der Waals surface area contributed by atoms with E-state index in [1.165, 1.54) is 18.9 Å². The first-order valence-corrected chi connectivity index (χ1v) is 10.0. The van der Waals surface area contributed by atoms with Crippen molar-refractivity contribution in [2.75, 3.05) is 25.4 Å². The highest BCUT2D eigenvalue weighted by atomic mass is 32.2. The van der Waals surface area contributed by atoms with Crippen molar-refractivity contribution >= 4 is 29.7 Å². The summed E-state index contributed by atoms with van der Waals surface area (Å²) in [5, 5.41) is 15.8. The molecule has 158 valence electrons. The number of aromatic nitrogens is 5. The quantitative estimate of drug-likeness (QED) is 0.231. The third kappa shape index (κ3) is 4.79. The number of nitrogens with zero attached hydrogens (tertiary/aromatic N) is 5. The molecule has 0 bridgehead atoms. The molecule has 30 heavy (non-hydrogen) atoms. The number of benzene rings is 1. The van der Waals surface area contributed by atoms with Gasteiger partial charge in [-0.05, 0) is 32.0 Å². The first-order valence-electron chi connectivity index (χ1n) is 9.02. The first-order chi connectivity index (χ1) is 14.4. The smallest absolute Gasteiger partial charge is 0.240 e. The molecule has 10 nitrogen and oxygen atoms in total. The first kappa shape index (κ1) is 21.4. The molecule has 0 radical (unpaired) electrons. The minimum Gasteiger partial charge on any atom is -0.493 e. The highest BCUT2D eigenvalue weighted by Crippen LogP contribution is 2.28. The van der Waals surface area contributed by atoms with Gasteiger partial charge < -0.3 is 9.47 Å². The van der Waals surface area contributed by atoms with Crippen molar-refractivity contribution in [3.05, 3.63) is 40.7 Å². The number of hydrazone groups is 1. The number of H-pyrrole nitrogens is 1. The average Bonchev–Trinajstić information content (AvgIpc) is 3.30. The van der Waals surface area contributed by atoms with Gasteiger partial charge in [-0.25, -0.2) is 10.5 Å². The second-order valence-electron chi connectivity index (χ2n) is 6.33. The van der Waals surface area contributed by atoms with Crippen LogP contribution in [0.2, 0.25) is 0 Å². The zero-order valence-corrected chi connectivity index (χ0v) is 18.2. The summed E-state index contributed by atoms with van der Waals surface area (Å²) < 4.78 is 12.2. The predicted octanol–water partition coefficient (Wildman–Crippen LogP) is 2.59. The Morgan fingerprint density at radius 2 is 2.07 bits per heavy atom. The molecule has 2 aromatic heterocycles. The number of thioether (sulfide) groups is 1. The van der Waals surface area contributed by atoms with Crippen LogP contribution < -0.4 is 14.9 Å². The van der Waals surface area contributed by atoms with Crippen LogP contribution in [0.5, 0.6) is 11.5 Å². The van der Waals surface area contributed by atoms with Crippen LogP contribution in [0.4, 0.5) is 5.95 Å². The van der Waals surface area contributed by atoms with E-state index in [1.807, 2.05) is 20.9 Å². The van der Waals surface area contributed by atoms with Crippen LogP contribution in [-0.4, -0.2) is 56.9 Å². The van der Waals surface area contributed by atoms with Gasteiger partial charge in [-0.1, -0.05) is 11.8 Å². The summed E-state index contributed by atoms with van der Waals surface area (Å²) in [6.07, 6.45) is 1.69. The molecular weight excluding hydrogens is 406 g/mol. The summed E-state index contributed by atoms with van der Waals surface area (Å²) in [5.41, 5.74) is 6.18. The van der Waals surface area contributed by atoms with Crippen molar-refractivity contribution in [2.24, 2.45) is 12.1 Å². The predicted molar refractivity (Wildman–Crippen MR) is 115 cm³/mol. The second-order valence-corrected chi connectivity index (χ2v) is 7.27. The number of methoxy groups -OCH3 is 2. The largest absolute Gasteiger partial charge is 0.493 e. The van der Waals surface area contributed by atoms with Crippen LogP contribution in [0.15, 0.2) is 28.5 Å². The van der Waals surface area contributed by atoms with Gasteiger partial charge in [0.2, 0.25) is 11.1 Å². The van der Waals surface area contributed by atoms with E-state index in [0.717, 1.165) is 17.0 Å². The summed E-state index contributed by atoms with van der Waals surface area (Å²) >= 11 is 1.23. The molecule has 1 aromatic carbocycles. The van der Waals surface area contributed by atoms with Gasteiger partial charge in [0, 0.05) is 23.9 Å². The van der Waals surface area contributed by atoms with Gasteiger partial charge in [0.05, 0.1) is 31.9 Å². The number of anilines is 1. The molecule has 2 heterocycles.